The molecule has 1 aromatic carbocycles. The lowest BCUT2D eigenvalue weighted by Gasteiger charge is -2.21. The standard InChI is InChI=1S/C32H36FN9O3.2C2H6/c1-17-7-10-24(38-25-12-27(39-31(44)20-8-9-20)40-41-30(25)32(45)36-5)18(2)28(17)21-11-23(33)29(37-14-21)26(16-43)42(6)15-22(13-35-4)19(3)34;2*1-2/h7,10-14,20H,8-9,15,34H2,1-6H3,(H,36,45)(H2,38,39,40,44);2*1-2H3/b22-19+,35-13?;;. The fraction of sp³-hybridized carbons (Fsp3) is 0.389. The maximum atomic E-state index is 15.6. The van der Waals surface area contributed by atoms with E-state index in [0.29, 0.717) is 33.8 Å². The monoisotopic (exact) mass is 673 g/mol. The second kappa shape index (κ2) is 18.8. The van der Waals surface area contributed by atoms with E-state index in [4.69, 9.17) is 5.73 Å². The maximum absolute atomic E-state index is 15.6. The topological polar surface area (TPSA) is 168 Å². The Bertz CT molecular complexity index is 1760. The van der Waals surface area contributed by atoms with Crippen LogP contribution in [0.4, 0.5) is 21.6 Å². The minimum atomic E-state index is -0.703. The fourth-order valence-electron chi connectivity index (χ4n) is 4.79. The largest absolute Gasteiger partial charge is 0.402 e. The first-order valence-corrected chi connectivity index (χ1v) is 16.3. The number of pyridine rings is 1. The molecule has 12 nitrogen and oxygen atoms in total. The van der Waals surface area contributed by atoms with Gasteiger partial charge in [-0.25, -0.2) is 9.18 Å². The number of aryl methyl sites for hydroxylation is 1. The van der Waals surface area contributed by atoms with Gasteiger partial charge in [-0.2, -0.15) is 0 Å². The van der Waals surface area contributed by atoms with Crippen LogP contribution < -0.4 is 21.7 Å². The minimum absolute atomic E-state index is 0.0332. The zero-order valence-corrected chi connectivity index (χ0v) is 30.1. The molecule has 0 bridgehead atoms. The van der Waals surface area contributed by atoms with Crippen molar-refractivity contribution in [3.8, 4) is 11.1 Å². The number of likely N-dealkylation sites (N-methyl/N-ethyl adjacent to an activating group) is 1. The number of nitrogens with zero attached hydrogens (tertiary/aromatic N) is 5. The summed E-state index contributed by atoms with van der Waals surface area (Å²) in [4.78, 5) is 46.7. The SMILES string of the molecule is CC.CC.CN=C/C(CN(C)C(=C=O)c1ncc(-c2c(C)ccc(Nc3cc(NC(=O)C4CC4)nnc3C(=O)NC)c2C)cc1F)=C(/C)N. The van der Waals surface area contributed by atoms with E-state index in [1.807, 2.05) is 59.6 Å². The molecule has 0 radical (unpaired) electrons. The van der Waals surface area contributed by atoms with Crippen LogP contribution in [0.3, 0.4) is 0 Å². The molecule has 49 heavy (non-hydrogen) atoms. The van der Waals surface area contributed by atoms with Crippen LogP contribution in [0, 0.1) is 25.6 Å². The van der Waals surface area contributed by atoms with Gasteiger partial charge in [-0.3, -0.25) is 19.6 Å². The number of rotatable bonds is 11. The van der Waals surface area contributed by atoms with Crippen LogP contribution in [0.1, 0.15) is 74.8 Å². The maximum Gasteiger partial charge on any atom is 0.273 e. The van der Waals surface area contributed by atoms with E-state index in [1.165, 1.54) is 24.2 Å². The van der Waals surface area contributed by atoms with Gasteiger partial charge in [-0.1, -0.05) is 33.8 Å². The third-order valence-corrected chi connectivity index (χ3v) is 7.41. The van der Waals surface area contributed by atoms with Crippen molar-refractivity contribution >= 4 is 46.9 Å². The highest BCUT2D eigenvalue weighted by Gasteiger charge is 2.30. The number of halogens is 1. The number of benzene rings is 1. The van der Waals surface area contributed by atoms with E-state index in [2.05, 4.69) is 36.1 Å². The van der Waals surface area contributed by atoms with Crippen molar-refractivity contribution < 1.29 is 18.8 Å². The van der Waals surface area contributed by atoms with Gasteiger partial charge in [0.1, 0.15) is 5.69 Å². The van der Waals surface area contributed by atoms with Crippen molar-refractivity contribution in [2.45, 2.75) is 61.3 Å². The third kappa shape index (κ3) is 10.0. The van der Waals surface area contributed by atoms with Gasteiger partial charge in [0.15, 0.2) is 29.0 Å². The zero-order valence-electron chi connectivity index (χ0n) is 30.1. The molecular weight excluding hydrogens is 625 g/mol. The molecule has 1 aliphatic rings. The molecule has 0 saturated heterocycles. The van der Waals surface area contributed by atoms with Crippen molar-refractivity contribution in [1.29, 1.82) is 0 Å². The summed E-state index contributed by atoms with van der Waals surface area (Å²) in [5.41, 5.74) is 10.7. The average molecular weight is 674 g/mol. The highest BCUT2D eigenvalue weighted by atomic mass is 19.1. The molecule has 1 saturated carbocycles. The summed E-state index contributed by atoms with van der Waals surface area (Å²) in [6.45, 7) is 13.7. The molecule has 2 aromatic heterocycles. The fourth-order valence-corrected chi connectivity index (χ4v) is 4.79. The van der Waals surface area contributed by atoms with E-state index < -0.39 is 11.7 Å². The molecule has 4 rings (SSSR count). The number of nitrogens with one attached hydrogen (secondary N) is 3. The van der Waals surface area contributed by atoms with E-state index in [-0.39, 0.29) is 41.3 Å². The van der Waals surface area contributed by atoms with Crippen molar-refractivity contribution in [3.05, 3.63) is 70.1 Å². The van der Waals surface area contributed by atoms with Gasteiger partial charge in [0.25, 0.3) is 5.91 Å². The van der Waals surface area contributed by atoms with Gasteiger partial charge >= 0.3 is 0 Å². The van der Waals surface area contributed by atoms with Crippen LogP contribution in [0.2, 0.25) is 0 Å². The number of allylic oxidation sites excluding steroid dienone is 1. The molecule has 1 fully saturated rings. The van der Waals surface area contributed by atoms with Crippen LogP contribution >= 0.6 is 0 Å². The predicted molar refractivity (Wildman–Crippen MR) is 195 cm³/mol. The van der Waals surface area contributed by atoms with Crippen molar-refractivity contribution in [2.24, 2.45) is 16.6 Å². The Labute approximate surface area is 288 Å². The highest BCUT2D eigenvalue weighted by molar-refractivity contribution is 6.00. The molecular formula is C36H48FN9O3. The van der Waals surface area contributed by atoms with Crippen LogP contribution in [-0.2, 0) is 9.59 Å². The molecule has 0 unspecified atom stereocenters. The second-order valence-electron chi connectivity index (χ2n) is 10.8. The van der Waals surface area contributed by atoms with E-state index >= 15 is 4.39 Å². The number of anilines is 3. The van der Waals surface area contributed by atoms with E-state index in [0.717, 1.165) is 24.0 Å². The van der Waals surface area contributed by atoms with E-state index in [9.17, 15) is 14.4 Å². The molecule has 3 aromatic rings. The minimum Gasteiger partial charge on any atom is -0.402 e. The van der Waals surface area contributed by atoms with Gasteiger partial charge in [-0.15, -0.1) is 10.2 Å². The summed E-state index contributed by atoms with van der Waals surface area (Å²) in [5, 5.41) is 16.6. The summed E-state index contributed by atoms with van der Waals surface area (Å²) < 4.78 is 15.6. The normalized spacial score (nSPS) is 12.3. The van der Waals surface area contributed by atoms with Gasteiger partial charge < -0.3 is 26.6 Å². The lowest BCUT2D eigenvalue weighted by atomic mass is 9.95. The molecule has 2 amide bonds. The van der Waals surface area contributed by atoms with Gasteiger partial charge in [-0.05, 0) is 62.4 Å². The Morgan fingerprint density at radius 1 is 1.10 bits per heavy atom. The Balaban J connectivity index is 0.00000201. The first kappa shape index (κ1) is 39.8. The Morgan fingerprint density at radius 2 is 1.78 bits per heavy atom. The Kier molecular flexibility index (Phi) is 15.3. The third-order valence-electron chi connectivity index (χ3n) is 7.41. The Morgan fingerprint density at radius 3 is 2.33 bits per heavy atom. The lowest BCUT2D eigenvalue weighted by Crippen LogP contribution is -2.23. The molecule has 262 valence electrons. The van der Waals surface area contributed by atoms with Crippen LogP contribution in [0.5, 0.6) is 0 Å². The number of carbonyl (C=O) groups excluding carboxylic acids is 3. The highest BCUT2D eigenvalue weighted by Crippen LogP contribution is 2.35. The quantitative estimate of drug-likeness (QED) is 0.144. The lowest BCUT2D eigenvalue weighted by molar-refractivity contribution is -0.117. The smallest absolute Gasteiger partial charge is 0.273 e. The summed E-state index contributed by atoms with van der Waals surface area (Å²) in [5.74, 6) is 0.671. The van der Waals surface area contributed by atoms with Gasteiger partial charge in [0, 0.05) is 74.6 Å². The van der Waals surface area contributed by atoms with Gasteiger partial charge in [0.2, 0.25) is 5.91 Å². The first-order chi connectivity index (χ1) is 23.5. The van der Waals surface area contributed by atoms with Gasteiger partial charge in [0.05, 0.1) is 5.69 Å². The van der Waals surface area contributed by atoms with Crippen molar-refractivity contribution in [1.82, 2.24) is 25.4 Å². The van der Waals surface area contributed by atoms with Crippen LogP contribution in [0.15, 0.2) is 46.7 Å². The number of carbonyl (C=O) groups is 2. The summed E-state index contributed by atoms with van der Waals surface area (Å²) >= 11 is 0. The number of aromatic nitrogens is 3. The molecule has 0 aliphatic heterocycles. The summed E-state index contributed by atoms with van der Waals surface area (Å²) in [6.07, 6.45) is 4.73. The molecule has 13 heteroatoms. The van der Waals surface area contributed by atoms with Crippen LogP contribution in [-0.4, -0.2) is 71.7 Å². The Hall–Kier alpha value is -5.42. The summed E-state index contributed by atoms with van der Waals surface area (Å²) in [6, 6.07) is 6.55. The molecule has 0 spiro atoms. The number of nitrogens with two attached hydrogens (primary N) is 1. The van der Waals surface area contributed by atoms with E-state index in [1.54, 1.807) is 33.3 Å². The number of hydrogen-bond donors (Lipinski definition) is 4. The molecule has 2 heterocycles. The molecule has 0 atom stereocenters. The molecule has 5 N–H and O–H groups in total. The van der Waals surface area contributed by atoms with Crippen LogP contribution in [0.25, 0.3) is 16.8 Å². The zero-order chi connectivity index (χ0) is 36.8. The van der Waals surface area contributed by atoms with Crippen molar-refractivity contribution in [2.75, 3.05) is 38.3 Å². The second-order valence-corrected chi connectivity index (χ2v) is 10.8. The van der Waals surface area contributed by atoms with Crippen molar-refractivity contribution in [3.63, 3.8) is 0 Å². The number of hydrogen-bond acceptors (Lipinski definition) is 10. The first-order valence-electron chi connectivity index (χ1n) is 16.3. The average Bonchev–Trinajstić information content (AvgIpc) is 3.95. The number of amides is 2. The summed E-state index contributed by atoms with van der Waals surface area (Å²) in [7, 11) is 4.71. The predicted octanol–water partition coefficient (Wildman–Crippen LogP) is 5.84. The molecule has 1 aliphatic carbocycles. The number of aliphatic imine (C=N–C) groups is 1.